The first-order valence-corrected chi connectivity index (χ1v) is 17.9. The van der Waals surface area contributed by atoms with Crippen LogP contribution in [0.1, 0.15) is 74.6 Å². The van der Waals surface area contributed by atoms with Gasteiger partial charge in [0.25, 0.3) is 0 Å². The number of alkyl halides is 2. The van der Waals surface area contributed by atoms with Gasteiger partial charge in [0, 0.05) is 0 Å². The lowest BCUT2D eigenvalue weighted by Gasteiger charge is -2.36. The molecule has 0 saturated heterocycles. The summed E-state index contributed by atoms with van der Waals surface area (Å²) >= 11 is 15.1. The second kappa shape index (κ2) is 8.84. The molecule has 4 aromatic rings. The minimum Gasteiger partial charge on any atom is -0.113 e. The molecule has 0 heterocycles. The first-order chi connectivity index (χ1) is 18.2. The zero-order valence-corrected chi connectivity index (χ0v) is 26.9. The number of hydrogen-bond donors (Lipinski definition) is 0. The minimum atomic E-state index is -2.35. The highest BCUT2D eigenvalue weighted by Crippen LogP contribution is 2.62. The van der Waals surface area contributed by atoms with Crippen LogP contribution in [0.4, 0.5) is 0 Å². The average Bonchev–Trinajstić information content (AvgIpc) is 3.37. The first-order valence-electron chi connectivity index (χ1n) is 14.1. The van der Waals surface area contributed by atoms with Crippen LogP contribution in [0.25, 0.3) is 31.9 Å². The van der Waals surface area contributed by atoms with Crippen LogP contribution < -0.4 is 0 Å². The number of fused-ring (bicyclic) bond motifs is 6. The summed E-state index contributed by atoms with van der Waals surface area (Å²) < 4.78 is 0. The van der Waals surface area contributed by atoms with Crippen molar-refractivity contribution in [1.82, 2.24) is 0 Å². The highest BCUT2D eigenvalue weighted by atomic mass is 35.5. The Hall–Kier alpha value is -2.32. The Morgan fingerprint density at radius 1 is 0.538 bits per heavy atom. The van der Waals surface area contributed by atoms with Crippen LogP contribution in [-0.4, -0.2) is 8.07 Å². The molecule has 2 aliphatic carbocycles. The van der Waals surface area contributed by atoms with Crippen molar-refractivity contribution in [1.29, 1.82) is 0 Å². The summed E-state index contributed by atoms with van der Waals surface area (Å²) in [5.74, 6) is 0. The Morgan fingerprint density at radius 2 is 0.897 bits per heavy atom. The van der Waals surface area contributed by atoms with Gasteiger partial charge in [-0.15, -0.1) is 23.2 Å². The summed E-state index contributed by atoms with van der Waals surface area (Å²) in [7, 11) is -2.35. The fraction of sp³-hybridized carbons (Fsp3) is 0.333. The minimum absolute atomic E-state index is 0.0697. The Balaban J connectivity index is 1.71. The van der Waals surface area contributed by atoms with Crippen LogP contribution in [0.3, 0.4) is 0 Å². The average molecular weight is 570 g/mol. The van der Waals surface area contributed by atoms with E-state index < -0.39 is 8.07 Å². The van der Waals surface area contributed by atoms with Gasteiger partial charge in [-0.2, -0.15) is 0 Å². The maximum absolute atomic E-state index is 7.54. The lowest BCUT2D eigenvalue weighted by atomic mass is 9.84. The maximum Gasteiger partial charge on any atom is 0.113 e. The fourth-order valence-electron chi connectivity index (χ4n) is 7.39. The molecule has 0 N–H and O–H groups in total. The van der Waals surface area contributed by atoms with Gasteiger partial charge in [-0.25, -0.2) is 0 Å². The molecule has 0 amide bonds. The number of hydrogen-bond acceptors (Lipinski definition) is 0. The summed E-state index contributed by atoms with van der Waals surface area (Å²) in [6, 6.07) is 26.7. The quantitative estimate of drug-likeness (QED) is 0.166. The molecule has 0 bridgehead atoms. The summed E-state index contributed by atoms with van der Waals surface area (Å²) in [5.41, 5.74) is 7.88. The first kappa shape index (κ1) is 26.9. The molecule has 0 radical (unpaired) electrons. The van der Waals surface area contributed by atoms with Crippen LogP contribution >= 0.6 is 23.2 Å². The molecule has 0 saturated carbocycles. The van der Waals surface area contributed by atoms with Gasteiger partial charge in [-0.3, -0.25) is 0 Å². The Kier molecular flexibility index (Phi) is 6.09. The van der Waals surface area contributed by atoms with E-state index in [1.807, 2.05) is 0 Å². The van der Waals surface area contributed by atoms with Gasteiger partial charge < -0.3 is 0 Å². The Labute approximate surface area is 244 Å². The van der Waals surface area contributed by atoms with Crippen molar-refractivity contribution >= 4 is 63.2 Å². The maximum atomic E-state index is 7.54. The van der Waals surface area contributed by atoms with E-state index >= 15 is 0 Å². The third-order valence-electron chi connectivity index (χ3n) is 8.90. The molecule has 2 unspecified atom stereocenters. The highest BCUT2D eigenvalue weighted by molar-refractivity contribution is 7.09. The van der Waals surface area contributed by atoms with E-state index in [4.69, 9.17) is 23.2 Å². The fourth-order valence-corrected chi connectivity index (χ4v) is 13.3. The molecular weight excluding hydrogens is 531 g/mol. The van der Waals surface area contributed by atoms with E-state index in [2.05, 4.69) is 127 Å². The lowest BCUT2D eigenvalue weighted by Crippen LogP contribution is -2.34. The van der Waals surface area contributed by atoms with Crippen LogP contribution in [-0.2, 0) is 0 Å². The monoisotopic (exact) mass is 568 g/mol. The van der Waals surface area contributed by atoms with Gasteiger partial charge in [0.2, 0.25) is 0 Å². The molecule has 0 aliphatic heterocycles. The van der Waals surface area contributed by atoms with Crippen LogP contribution in [0, 0.1) is 10.8 Å². The van der Waals surface area contributed by atoms with Crippen molar-refractivity contribution in [2.45, 2.75) is 65.4 Å². The van der Waals surface area contributed by atoms with Gasteiger partial charge in [0.05, 0.1) is 10.8 Å². The molecule has 0 nitrogen and oxygen atoms in total. The van der Waals surface area contributed by atoms with E-state index in [-0.39, 0.29) is 21.6 Å². The third-order valence-corrected chi connectivity index (χ3v) is 13.3. The summed E-state index contributed by atoms with van der Waals surface area (Å²) in [5, 5.41) is 7.76. The molecule has 39 heavy (non-hydrogen) atoms. The predicted molar refractivity (Wildman–Crippen MR) is 175 cm³/mol. The van der Waals surface area contributed by atoms with Crippen molar-refractivity contribution in [3.63, 3.8) is 0 Å². The molecule has 3 heteroatoms. The van der Waals surface area contributed by atoms with Crippen molar-refractivity contribution in [2.75, 3.05) is 0 Å². The summed E-state index contributed by atoms with van der Waals surface area (Å²) in [6.45, 7) is 19.1. The zero-order chi connectivity index (χ0) is 28.1. The molecule has 200 valence electrons. The van der Waals surface area contributed by atoms with Crippen molar-refractivity contribution in [3.05, 3.63) is 106 Å². The van der Waals surface area contributed by atoms with E-state index in [0.29, 0.717) is 0 Å². The number of rotatable bonds is 2. The van der Waals surface area contributed by atoms with E-state index in [1.54, 1.807) is 0 Å². The second-order valence-corrected chi connectivity index (χ2v) is 19.0. The van der Waals surface area contributed by atoms with Crippen LogP contribution in [0.15, 0.2) is 83.9 Å². The molecule has 2 atom stereocenters. The standard InChI is InChI=1S/C36H38Cl2Si/c1-35(2,3)29-31(37)27-23-15-11-9-13-21(23)17-19-25(27)33(29)39(7,8)34-26-20-18-22-14-10-12-16-24(22)28(26)32(38)30(34)36(4,5)6/h9-20,31-32H,1-8H3. The van der Waals surface area contributed by atoms with Gasteiger partial charge in [0.15, 0.2) is 0 Å². The van der Waals surface area contributed by atoms with Crippen LogP contribution in [0.5, 0.6) is 0 Å². The molecule has 0 spiro atoms. The van der Waals surface area contributed by atoms with Crippen molar-refractivity contribution in [3.8, 4) is 0 Å². The topological polar surface area (TPSA) is 0 Å². The molecule has 0 aromatic heterocycles. The summed E-state index contributed by atoms with van der Waals surface area (Å²) in [6.07, 6.45) is 0. The van der Waals surface area contributed by atoms with Gasteiger partial charge in [0.1, 0.15) is 8.07 Å². The summed E-state index contributed by atoms with van der Waals surface area (Å²) in [4.78, 5) is 0. The Bertz CT molecular complexity index is 1600. The van der Waals surface area contributed by atoms with Crippen molar-refractivity contribution < 1.29 is 0 Å². The molecule has 4 aromatic carbocycles. The second-order valence-electron chi connectivity index (χ2n) is 13.9. The molecule has 0 fully saturated rings. The molecule has 2 aliphatic rings. The third kappa shape index (κ3) is 3.91. The lowest BCUT2D eigenvalue weighted by molar-refractivity contribution is 0.494. The van der Waals surface area contributed by atoms with Gasteiger partial charge >= 0.3 is 0 Å². The largest absolute Gasteiger partial charge is 0.113 e. The number of halogens is 2. The van der Waals surface area contributed by atoms with Crippen LogP contribution in [0.2, 0.25) is 13.1 Å². The van der Waals surface area contributed by atoms with E-state index in [9.17, 15) is 0 Å². The SMILES string of the molecule is CC(C)(C)C1=C([Si](C)(C)C2=C(C(C)(C)C)C(Cl)c3c2ccc2ccccc32)c2ccc3ccccc3c2C1Cl. The Morgan fingerprint density at radius 3 is 1.26 bits per heavy atom. The van der Waals surface area contributed by atoms with Gasteiger partial charge in [-0.1, -0.05) is 127 Å². The molecular formula is C36H38Cl2Si. The number of allylic oxidation sites excluding steroid dienone is 2. The smallest absolute Gasteiger partial charge is 0.113 e. The zero-order valence-electron chi connectivity index (χ0n) is 24.3. The normalized spacial score (nSPS) is 19.8. The highest BCUT2D eigenvalue weighted by Gasteiger charge is 2.50. The van der Waals surface area contributed by atoms with Gasteiger partial charge in [-0.05, 0) is 76.2 Å². The molecule has 6 rings (SSSR count). The van der Waals surface area contributed by atoms with Crippen molar-refractivity contribution in [2.24, 2.45) is 10.8 Å². The predicted octanol–water partition coefficient (Wildman–Crippen LogP) is 11.7. The van der Waals surface area contributed by atoms with E-state index in [1.165, 1.54) is 65.3 Å². The van der Waals surface area contributed by atoms with E-state index in [0.717, 1.165) is 0 Å². The number of benzene rings is 4.